The van der Waals surface area contributed by atoms with E-state index in [0.29, 0.717) is 6.42 Å². The lowest BCUT2D eigenvalue weighted by Crippen LogP contribution is -2.71. The molecule has 110 valence electrons. The third kappa shape index (κ3) is 3.07. The van der Waals surface area contributed by atoms with Crippen molar-refractivity contribution >= 4 is 23.6 Å². The van der Waals surface area contributed by atoms with Gasteiger partial charge in [-0.15, -0.1) is 0 Å². The van der Waals surface area contributed by atoms with Crippen LogP contribution in [0.4, 0.5) is 0 Å². The smallest absolute Gasteiger partial charge is 0.248 e. The number of hydrogen-bond acceptors (Lipinski definition) is 3. The molecular weight excluding hydrogens is 260 g/mol. The molecule has 0 aromatic heterocycles. The third-order valence-corrected chi connectivity index (χ3v) is 4.71. The number of amides is 2. The number of carbonyl (C=O) groups is 2. The summed E-state index contributed by atoms with van der Waals surface area (Å²) in [7, 11) is 0. The quantitative estimate of drug-likeness (QED) is 0.839. The molecule has 0 radical (unpaired) electrons. The number of nitrogens with one attached hydrogen (secondary N) is 1. The molecule has 3 atom stereocenters. The third-order valence-electron chi connectivity index (χ3n) is 3.90. The van der Waals surface area contributed by atoms with Gasteiger partial charge in [-0.25, -0.2) is 0 Å². The van der Waals surface area contributed by atoms with Gasteiger partial charge in [-0.1, -0.05) is 20.8 Å². The summed E-state index contributed by atoms with van der Waals surface area (Å²) in [6.45, 7) is 9.77. The maximum absolute atomic E-state index is 12.8. The lowest BCUT2D eigenvalue weighted by Gasteiger charge is -2.48. The van der Waals surface area contributed by atoms with E-state index in [0.717, 1.165) is 5.75 Å². The lowest BCUT2D eigenvalue weighted by atomic mass is 9.87. The van der Waals surface area contributed by atoms with Gasteiger partial charge in [0.1, 0.15) is 11.6 Å². The molecule has 0 aromatic carbocycles. The highest BCUT2D eigenvalue weighted by molar-refractivity contribution is 7.98. The zero-order chi connectivity index (χ0) is 14.8. The van der Waals surface area contributed by atoms with Crippen molar-refractivity contribution in [1.82, 2.24) is 10.2 Å². The molecule has 1 saturated heterocycles. The van der Waals surface area contributed by atoms with E-state index >= 15 is 0 Å². The summed E-state index contributed by atoms with van der Waals surface area (Å²) >= 11 is 1.70. The Bertz CT molecular complexity index is 359. The van der Waals surface area contributed by atoms with Crippen LogP contribution in [0, 0.1) is 5.92 Å². The van der Waals surface area contributed by atoms with Gasteiger partial charge in [-0.05, 0) is 32.4 Å². The Hall–Kier alpha value is -0.710. The number of rotatable bonds is 5. The molecular formula is C14H26N2O2S. The van der Waals surface area contributed by atoms with Crippen LogP contribution in [-0.4, -0.2) is 46.3 Å². The zero-order valence-electron chi connectivity index (χ0n) is 12.8. The molecule has 3 unspecified atom stereocenters. The summed E-state index contributed by atoms with van der Waals surface area (Å²) in [6, 6.07) is -0.277. The van der Waals surface area contributed by atoms with Crippen LogP contribution in [0.25, 0.3) is 0 Å². The SMILES string of the molecule is CCC1(C)NC(=O)C(C(C)C)N(C(C)CSC)C1=O. The van der Waals surface area contributed by atoms with Crippen molar-refractivity contribution < 1.29 is 9.59 Å². The first-order valence-corrected chi connectivity index (χ1v) is 8.31. The van der Waals surface area contributed by atoms with Gasteiger partial charge in [0.15, 0.2) is 0 Å². The van der Waals surface area contributed by atoms with Crippen LogP contribution in [0.1, 0.15) is 41.0 Å². The molecule has 0 saturated carbocycles. The molecule has 1 aliphatic rings. The number of hydrogen-bond donors (Lipinski definition) is 1. The van der Waals surface area contributed by atoms with Gasteiger partial charge >= 0.3 is 0 Å². The number of piperazine rings is 1. The molecule has 19 heavy (non-hydrogen) atoms. The van der Waals surface area contributed by atoms with Gasteiger partial charge in [0, 0.05) is 11.8 Å². The van der Waals surface area contributed by atoms with Crippen LogP contribution in [0.15, 0.2) is 0 Å². The van der Waals surface area contributed by atoms with Gasteiger partial charge in [0.25, 0.3) is 0 Å². The predicted octanol–water partition coefficient (Wildman–Crippen LogP) is 1.89. The van der Waals surface area contributed by atoms with Crippen LogP contribution < -0.4 is 5.32 Å². The van der Waals surface area contributed by atoms with Crippen molar-refractivity contribution in [2.45, 2.75) is 58.7 Å². The van der Waals surface area contributed by atoms with Gasteiger partial charge in [0.2, 0.25) is 11.8 Å². The first-order valence-electron chi connectivity index (χ1n) is 6.92. The lowest BCUT2D eigenvalue weighted by molar-refractivity contribution is -0.158. The van der Waals surface area contributed by atoms with E-state index in [1.807, 2.05) is 45.8 Å². The van der Waals surface area contributed by atoms with Crippen LogP contribution in [0.2, 0.25) is 0 Å². The summed E-state index contributed by atoms with van der Waals surface area (Å²) in [4.78, 5) is 26.9. The fraction of sp³-hybridized carbons (Fsp3) is 0.857. The fourth-order valence-corrected chi connectivity index (χ4v) is 3.24. The summed E-state index contributed by atoms with van der Waals surface area (Å²) in [5.41, 5.74) is -0.755. The maximum atomic E-state index is 12.8. The minimum atomic E-state index is -0.755. The second kappa shape index (κ2) is 6.16. The topological polar surface area (TPSA) is 49.4 Å². The van der Waals surface area contributed by atoms with E-state index in [9.17, 15) is 9.59 Å². The minimum absolute atomic E-state index is 0.0214. The van der Waals surface area contributed by atoms with E-state index in [2.05, 4.69) is 5.32 Å². The van der Waals surface area contributed by atoms with Crippen LogP contribution in [0.3, 0.4) is 0 Å². The Kier molecular flexibility index (Phi) is 5.30. The normalized spacial score (nSPS) is 29.6. The van der Waals surface area contributed by atoms with Gasteiger partial charge < -0.3 is 10.2 Å². The summed E-state index contributed by atoms with van der Waals surface area (Å²) in [5, 5.41) is 2.91. The van der Waals surface area contributed by atoms with Crippen molar-refractivity contribution in [3.8, 4) is 0 Å². The van der Waals surface area contributed by atoms with E-state index in [-0.39, 0.29) is 29.8 Å². The predicted molar refractivity (Wildman–Crippen MR) is 80.2 cm³/mol. The van der Waals surface area contributed by atoms with E-state index in [4.69, 9.17) is 0 Å². The molecule has 0 spiro atoms. The Morgan fingerprint density at radius 2 is 1.95 bits per heavy atom. The molecule has 1 N–H and O–H groups in total. The summed E-state index contributed by atoms with van der Waals surface area (Å²) in [6.07, 6.45) is 2.64. The number of carbonyl (C=O) groups excluding carboxylic acids is 2. The Morgan fingerprint density at radius 1 is 1.37 bits per heavy atom. The molecule has 1 fully saturated rings. The molecule has 0 aliphatic carbocycles. The van der Waals surface area contributed by atoms with Crippen molar-refractivity contribution in [2.24, 2.45) is 5.92 Å². The number of nitrogens with zero attached hydrogens (tertiary/aromatic N) is 1. The highest BCUT2D eigenvalue weighted by Gasteiger charge is 2.49. The fourth-order valence-electron chi connectivity index (χ4n) is 2.60. The highest BCUT2D eigenvalue weighted by atomic mass is 32.2. The standard InChI is InChI=1S/C14H26N2O2S/c1-7-14(5)13(18)16(10(4)8-19-6)11(9(2)3)12(17)15-14/h9-11H,7-8H2,1-6H3,(H,15,17). The van der Waals surface area contributed by atoms with Gasteiger partial charge in [0.05, 0.1) is 0 Å². The van der Waals surface area contributed by atoms with Crippen LogP contribution >= 0.6 is 11.8 Å². The molecule has 1 rings (SSSR count). The van der Waals surface area contributed by atoms with E-state index < -0.39 is 5.54 Å². The van der Waals surface area contributed by atoms with Crippen LogP contribution in [-0.2, 0) is 9.59 Å². The Balaban J connectivity index is 3.14. The molecule has 5 heteroatoms. The molecule has 1 aliphatic heterocycles. The number of thioether (sulfide) groups is 1. The van der Waals surface area contributed by atoms with E-state index in [1.165, 1.54) is 0 Å². The molecule has 1 heterocycles. The Morgan fingerprint density at radius 3 is 2.37 bits per heavy atom. The average Bonchev–Trinajstić information content (AvgIpc) is 2.33. The van der Waals surface area contributed by atoms with Crippen molar-refractivity contribution in [1.29, 1.82) is 0 Å². The molecule has 0 bridgehead atoms. The minimum Gasteiger partial charge on any atom is -0.340 e. The van der Waals surface area contributed by atoms with Crippen LogP contribution in [0.5, 0.6) is 0 Å². The van der Waals surface area contributed by atoms with Gasteiger partial charge in [-0.3, -0.25) is 9.59 Å². The van der Waals surface area contributed by atoms with Gasteiger partial charge in [-0.2, -0.15) is 11.8 Å². The summed E-state index contributed by atoms with van der Waals surface area (Å²) in [5.74, 6) is 0.999. The molecule has 4 nitrogen and oxygen atoms in total. The maximum Gasteiger partial charge on any atom is 0.248 e. The summed E-state index contributed by atoms with van der Waals surface area (Å²) < 4.78 is 0. The average molecular weight is 286 g/mol. The van der Waals surface area contributed by atoms with E-state index in [1.54, 1.807) is 11.8 Å². The van der Waals surface area contributed by atoms with Crippen molar-refractivity contribution in [3.05, 3.63) is 0 Å². The zero-order valence-corrected chi connectivity index (χ0v) is 13.6. The van der Waals surface area contributed by atoms with Crippen molar-refractivity contribution in [2.75, 3.05) is 12.0 Å². The largest absolute Gasteiger partial charge is 0.340 e. The monoisotopic (exact) mass is 286 g/mol. The molecule has 0 aromatic rings. The first kappa shape index (κ1) is 16.3. The highest BCUT2D eigenvalue weighted by Crippen LogP contribution is 2.27. The Labute approximate surface area is 120 Å². The molecule has 2 amide bonds. The van der Waals surface area contributed by atoms with Crippen molar-refractivity contribution in [3.63, 3.8) is 0 Å². The second-order valence-corrected chi connectivity index (χ2v) is 6.79. The second-order valence-electron chi connectivity index (χ2n) is 5.88. The first-order chi connectivity index (χ1) is 8.78.